The lowest BCUT2D eigenvalue weighted by Crippen LogP contribution is -2.30. The second kappa shape index (κ2) is 4.88. The van der Waals surface area contributed by atoms with Crippen LogP contribution in [0.3, 0.4) is 0 Å². The summed E-state index contributed by atoms with van der Waals surface area (Å²) in [5, 5.41) is 22.6. The molecule has 3 rings (SSSR count). The number of hydrogen-bond donors (Lipinski definition) is 0. The Labute approximate surface area is 114 Å². The highest BCUT2D eigenvalue weighted by Crippen LogP contribution is 2.27. The monoisotopic (exact) mass is 276 g/mol. The molecule has 0 radical (unpaired) electrons. The van der Waals surface area contributed by atoms with Crippen LogP contribution in [0.25, 0.3) is 0 Å². The van der Waals surface area contributed by atoms with Crippen LogP contribution < -0.4 is 10.2 Å². The molecule has 2 heterocycles. The molecule has 6 heteroatoms. The molecule has 1 aromatic rings. The van der Waals surface area contributed by atoms with Crippen molar-refractivity contribution in [2.75, 3.05) is 13.2 Å². The fourth-order valence-corrected chi connectivity index (χ4v) is 2.37. The molecule has 0 bridgehead atoms. The number of aromatic carboxylic acids is 2. The second-order valence-corrected chi connectivity index (χ2v) is 5.02. The number of epoxide rings is 2. The number of carboxylic acid groups (broad SMARTS) is 2. The van der Waals surface area contributed by atoms with Crippen LogP contribution >= 0.6 is 0 Å². The van der Waals surface area contributed by atoms with Crippen molar-refractivity contribution in [2.45, 2.75) is 25.0 Å². The van der Waals surface area contributed by atoms with E-state index in [2.05, 4.69) is 0 Å². The van der Waals surface area contributed by atoms with Gasteiger partial charge in [0.15, 0.2) is 0 Å². The second-order valence-electron chi connectivity index (χ2n) is 5.02. The molecule has 2 aliphatic rings. The van der Waals surface area contributed by atoms with Gasteiger partial charge in [0, 0.05) is 24.0 Å². The maximum absolute atomic E-state index is 11.4. The van der Waals surface area contributed by atoms with Crippen LogP contribution in [-0.4, -0.2) is 37.4 Å². The molecule has 6 nitrogen and oxygen atoms in total. The molecule has 2 aliphatic heterocycles. The minimum atomic E-state index is -1.39. The summed E-state index contributed by atoms with van der Waals surface area (Å²) in [6.07, 6.45) is 0.562. The van der Waals surface area contributed by atoms with Crippen molar-refractivity contribution in [3.05, 3.63) is 34.4 Å². The van der Waals surface area contributed by atoms with Crippen LogP contribution in [0.2, 0.25) is 0 Å². The molecule has 0 spiro atoms. The minimum Gasteiger partial charge on any atom is -0.545 e. The molecular formula is C14H12O6-2. The van der Waals surface area contributed by atoms with E-state index in [0.29, 0.717) is 25.2 Å². The molecule has 0 N–H and O–H groups in total. The molecule has 2 unspecified atom stereocenters. The number of ether oxygens (including phenoxy) is 2. The van der Waals surface area contributed by atoms with Crippen molar-refractivity contribution >= 4 is 11.9 Å². The Morgan fingerprint density at radius 1 is 1.05 bits per heavy atom. The maximum atomic E-state index is 11.4. The van der Waals surface area contributed by atoms with E-state index in [4.69, 9.17) is 9.47 Å². The fourth-order valence-electron chi connectivity index (χ4n) is 2.37. The van der Waals surface area contributed by atoms with Gasteiger partial charge in [-0.3, -0.25) is 0 Å². The largest absolute Gasteiger partial charge is 0.545 e. The third kappa shape index (κ3) is 2.66. The summed E-state index contributed by atoms with van der Waals surface area (Å²) in [6.45, 7) is 1.10. The first kappa shape index (κ1) is 13.1. The van der Waals surface area contributed by atoms with Gasteiger partial charge in [-0.1, -0.05) is 12.1 Å². The van der Waals surface area contributed by atoms with E-state index in [1.165, 1.54) is 12.1 Å². The van der Waals surface area contributed by atoms with Crippen molar-refractivity contribution in [1.82, 2.24) is 0 Å². The third-order valence-electron chi connectivity index (χ3n) is 3.51. The highest BCUT2D eigenvalue weighted by molar-refractivity contribution is 5.96. The van der Waals surface area contributed by atoms with Gasteiger partial charge < -0.3 is 29.3 Å². The molecule has 0 amide bonds. The van der Waals surface area contributed by atoms with Gasteiger partial charge >= 0.3 is 0 Å². The Bertz CT molecular complexity index is 571. The lowest BCUT2D eigenvalue weighted by Gasteiger charge is -2.19. The van der Waals surface area contributed by atoms with Gasteiger partial charge in [0.1, 0.15) is 0 Å². The molecule has 0 aromatic heterocycles. The Balaban J connectivity index is 2.06. The first-order chi connectivity index (χ1) is 9.56. The van der Waals surface area contributed by atoms with Gasteiger partial charge in [-0.05, 0) is 11.1 Å². The number of carbonyl (C=O) groups excluding carboxylic acids is 2. The Morgan fingerprint density at radius 2 is 1.65 bits per heavy atom. The normalized spacial score (nSPS) is 23.4. The van der Waals surface area contributed by atoms with Crippen LogP contribution in [0.5, 0.6) is 0 Å². The summed E-state index contributed by atoms with van der Waals surface area (Å²) in [5.41, 5.74) is 0.594. The Morgan fingerprint density at radius 3 is 2.15 bits per heavy atom. The first-order valence-electron chi connectivity index (χ1n) is 6.37. The van der Waals surface area contributed by atoms with E-state index in [1.807, 2.05) is 0 Å². The number of hydrogen-bond acceptors (Lipinski definition) is 6. The van der Waals surface area contributed by atoms with Crippen LogP contribution in [0, 0.1) is 0 Å². The van der Waals surface area contributed by atoms with Crippen molar-refractivity contribution in [3.8, 4) is 0 Å². The summed E-state index contributed by atoms with van der Waals surface area (Å²) in [4.78, 5) is 22.6. The van der Waals surface area contributed by atoms with E-state index in [9.17, 15) is 19.8 Å². The van der Waals surface area contributed by atoms with Crippen molar-refractivity contribution in [2.24, 2.45) is 0 Å². The van der Waals surface area contributed by atoms with E-state index in [1.54, 1.807) is 0 Å². The molecular weight excluding hydrogens is 264 g/mol. The number of carboxylic acids is 2. The van der Waals surface area contributed by atoms with Crippen LogP contribution in [0.1, 0.15) is 31.8 Å². The first-order valence-corrected chi connectivity index (χ1v) is 6.37. The summed E-state index contributed by atoms with van der Waals surface area (Å²) >= 11 is 0. The molecule has 2 atom stereocenters. The lowest BCUT2D eigenvalue weighted by molar-refractivity contribution is -0.255. The summed E-state index contributed by atoms with van der Waals surface area (Å²) in [7, 11) is 0. The van der Waals surface area contributed by atoms with Gasteiger partial charge in [0.2, 0.25) is 0 Å². The standard InChI is InChI=1S/C14H14O6/c15-13(16)10-2-1-7(3-8-5-19-8)12(14(17)18)11(10)4-9-6-20-9/h1-2,8-9H,3-6H2,(H,15,16)(H,17,18)/p-2. The molecule has 2 fully saturated rings. The molecule has 106 valence electrons. The average Bonchev–Trinajstić information content (AvgIpc) is 3.23. The van der Waals surface area contributed by atoms with Crippen molar-refractivity contribution in [3.63, 3.8) is 0 Å². The topological polar surface area (TPSA) is 105 Å². The number of benzene rings is 1. The molecule has 1 aromatic carbocycles. The van der Waals surface area contributed by atoms with Crippen molar-refractivity contribution < 1.29 is 29.3 Å². The Kier molecular flexibility index (Phi) is 3.19. The van der Waals surface area contributed by atoms with E-state index < -0.39 is 11.9 Å². The van der Waals surface area contributed by atoms with Gasteiger partial charge in [0.25, 0.3) is 0 Å². The van der Waals surface area contributed by atoms with Crippen LogP contribution in [0.4, 0.5) is 0 Å². The zero-order chi connectivity index (χ0) is 14.3. The van der Waals surface area contributed by atoms with E-state index in [-0.39, 0.29) is 35.3 Å². The number of rotatable bonds is 6. The zero-order valence-corrected chi connectivity index (χ0v) is 10.6. The maximum Gasteiger partial charge on any atom is 0.0850 e. The van der Waals surface area contributed by atoms with Gasteiger partial charge in [-0.25, -0.2) is 0 Å². The molecule has 0 aliphatic carbocycles. The van der Waals surface area contributed by atoms with Crippen molar-refractivity contribution in [1.29, 1.82) is 0 Å². The molecule has 20 heavy (non-hydrogen) atoms. The smallest absolute Gasteiger partial charge is 0.0850 e. The quantitative estimate of drug-likeness (QED) is 0.573. The van der Waals surface area contributed by atoms with E-state index in [0.717, 1.165) is 0 Å². The number of carbonyl (C=O) groups is 2. The van der Waals surface area contributed by atoms with Gasteiger partial charge in [-0.2, -0.15) is 0 Å². The van der Waals surface area contributed by atoms with Crippen LogP contribution in [0.15, 0.2) is 12.1 Å². The van der Waals surface area contributed by atoms with Gasteiger partial charge in [0.05, 0.1) is 37.4 Å². The Hall–Kier alpha value is -1.92. The lowest BCUT2D eigenvalue weighted by atomic mass is 9.91. The predicted octanol–water partition coefficient (Wildman–Crippen LogP) is -1.70. The third-order valence-corrected chi connectivity index (χ3v) is 3.51. The molecule has 0 saturated carbocycles. The fraction of sp³-hybridized carbons (Fsp3) is 0.429. The highest BCUT2D eigenvalue weighted by atomic mass is 16.6. The summed E-state index contributed by atoms with van der Waals surface area (Å²) < 4.78 is 10.2. The van der Waals surface area contributed by atoms with E-state index >= 15 is 0 Å². The average molecular weight is 276 g/mol. The molecule has 2 saturated heterocycles. The summed E-state index contributed by atoms with van der Waals surface area (Å²) in [6, 6.07) is 2.88. The highest BCUT2D eigenvalue weighted by Gasteiger charge is 2.29. The summed E-state index contributed by atoms with van der Waals surface area (Å²) in [5.74, 6) is -2.77. The zero-order valence-electron chi connectivity index (χ0n) is 10.6. The van der Waals surface area contributed by atoms with Crippen LogP contribution in [-0.2, 0) is 22.3 Å². The minimum absolute atomic E-state index is 0.00641. The predicted molar refractivity (Wildman–Crippen MR) is 62.0 cm³/mol. The SMILES string of the molecule is O=C([O-])c1ccc(CC2CO2)c(C(=O)[O-])c1CC1CO1. The van der Waals surface area contributed by atoms with Gasteiger partial charge in [-0.15, -0.1) is 0 Å².